The van der Waals surface area contributed by atoms with Gasteiger partial charge < -0.3 is 19.1 Å². The van der Waals surface area contributed by atoms with E-state index in [2.05, 4.69) is 0 Å². The molecule has 0 aliphatic rings. The van der Waals surface area contributed by atoms with Crippen LogP contribution in [0.1, 0.15) is 20.3 Å². The fourth-order valence-corrected chi connectivity index (χ4v) is 1.89. The van der Waals surface area contributed by atoms with Gasteiger partial charge in [-0.15, -0.1) is 0 Å². The number of likely N-dealkylation sites (N-methyl/N-ethyl adjacent to an activating group) is 1. The second-order valence-electron chi connectivity index (χ2n) is 4.47. The van der Waals surface area contributed by atoms with Crippen molar-refractivity contribution in [2.45, 2.75) is 20.3 Å². The lowest BCUT2D eigenvalue weighted by Gasteiger charge is -2.20. The molecule has 0 aliphatic heterocycles. The number of carbonyl (C=O) groups is 2. The summed E-state index contributed by atoms with van der Waals surface area (Å²) in [7, 11) is 1.54. The van der Waals surface area contributed by atoms with E-state index in [4.69, 9.17) is 14.2 Å². The molecule has 1 aromatic rings. The molecule has 0 saturated carbocycles. The zero-order valence-electron chi connectivity index (χ0n) is 13.3. The topological polar surface area (TPSA) is 65.1 Å². The first-order chi connectivity index (χ1) is 10.6. The first-order valence-corrected chi connectivity index (χ1v) is 7.31. The maximum absolute atomic E-state index is 12.1. The first kappa shape index (κ1) is 17.8. The Morgan fingerprint density at radius 1 is 1.14 bits per heavy atom. The van der Waals surface area contributed by atoms with Crippen LogP contribution in [0.4, 0.5) is 0 Å². The van der Waals surface area contributed by atoms with Crippen molar-refractivity contribution in [1.82, 2.24) is 4.90 Å². The zero-order valence-corrected chi connectivity index (χ0v) is 13.3. The summed E-state index contributed by atoms with van der Waals surface area (Å²) in [6, 6.07) is 7.13. The Morgan fingerprint density at radius 2 is 1.82 bits per heavy atom. The van der Waals surface area contributed by atoms with Crippen molar-refractivity contribution in [3.05, 3.63) is 24.3 Å². The Hall–Kier alpha value is -2.24. The molecule has 0 radical (unpaired) electrons. The van der Waals surface area contributed by atoms with Gasteiger partial charge in [0.15, 0.2) is 18.1 Å². The van der Waals surface area contributed by atoms with E-state index >= 15 is 0 Å². The summed E-state index contributed by atoms with van der Waals surface area (Å²) in [5.41, 5.74) is 0. The Labute approximate surface area is 131 Å². The molecule has 6 nitrogen and oxygen atoms in total. The smallest absolute Gasteiger partial charge is 0.307 e. The third kappa shape index (κ3) is 5.63. The SMILES string of the molecule is CCOC(=O)CCN(CC)C(=O)COc1ccccc1OC. The molecule has 6 heteroatoms. The number of para-hydroxylation sites is 2. The van der Waals surface area contributed by atoms with E-state index in [0.717, 1.165) is 0 Å². The highest BCUT2D eigenvalue weighted by Gasteiger charge is 2.15. The number of carbonyl (C=O) groups excluding carboxylic acids is 2. The van der Waals surface area contributed by atoms with Gasteiger partial charge in [0.25, 0.3) is 5.91 Å². The second kappa shape index (κ2) is 9.65. The summed E-state index contributed by atoms with van der Waals surface area (Å²) in [5.74, 6) is 0.599. The summed E-state index contributed by atoms with van der Waals surface area (Å²) in [6.07, 6.45) is 0.183. The van der Waals surface area contributed by atoms with Gasteiger partial charge in [0.1, 0.15) is 0 Å². The molecule has 0 N–H and O–H groups in total. The van der Waals surface area contributed by atoms with Crippen molar-refractivity contribution in [3.63, 3.8) is 0 Å². The number of ether oxygens (including phenoxy) is 3. The Bertz CT molecular complexity index is 489. The summed E-state index contributed by atoms with van der Waals surface area (Å²) in [5, 5.41) is 0. The molecular formula is C16H23NO5. The van der Waals surface area contributed by atoms with Crippen LogP contribution in [0.5, 0.6) is 11.5 Å². The molecule has 0 heterocycles. The van der Waals surface area contributed by atoms with Gasteiger partial charge in [-0.1, -0.05) is 12.1 Å². The number of nitrogens with zero attached hydrogens (tertiary/aromatic N) is 1. The van der Waals surface area contributed by atoms with Gasteiger partial charge in [-0.25, -0.2) is 0 Å². The van der Waals surface area contributed by atoms with Gasteiger partial charge in [-0.2, -0.15) is 0 Å². The lowest BCUT2D eigenvalue weighted by atomic mass is 10.3. The maximum atomic E-state index is 12.1. The molecule has 0 aliphatic carbocycles. The molecule has 0 fully saturated rings. The third-order valence-electron chi connectivity index (χ3n) is 3.05. The van der Waals surface area contributed by atoms with Crippen molar-refractivity contribution in [1.29, 1.82) is 0 Å². The second-order valence-corrected chi connectivity index (χ2v) is 4.47. The minimum Gasteiger partial charge on any atom is -0.493 e. The first-order valence-electron chi connectivity index (χ1n) is 7.31. The van der Waals surface area contributed by atoms with E-state index in [1.54, 1.807) is 37.1 Å². The molecular weight excluding hydrogens is 286 g/mol. The fraction of sp³-hybridized carbons (Fsp3) is 0.500. The molecule has 0 unspecified atom stereocenters. The number of hydrogen-bond acceptors (Lipinski definition) is 5. The average Bonchev–Trinajstić information content (AvgIpc) is 2.54. The lowest BCUT2D eigenvalue weighted by Crippen LogP contribution is -2.36. The van der Waals surface area contributed by atoms with Gasteiger partial charge in [0, 0.05) is 13.1 Å². The van der Waals surface area contributed by atoms with Crippen LogP contribution in [0, 0.1) is 0 Å². The molecule has 1 rings (SSSR count). The average molecular weight is 309 g/mol. The van der Waals surface area contributed by atoms with Gasteiger partial charge in [-0.3, -0.25) is 9.59 Å². The summed E-state index contributed by atoms with van der Waals surface area (Å²) in [6.45, 7) is 4.68. The van der Waals surface area contributed by atoms with Crippen LogP contribution in [0.3, 0.4) is 0 Å². The summed E-state index contributed by atoms with van der Waals surface area (Å²) >= 11 is 0. The van der Waals surface area contributed by atoms with Crippen LogP contribution in [-0.2, 0) is 14.3 Å². The minimum atomic E-state index is -0.306. The summed E-state index contributed by atoms with van der Waals surface area (Å²) in [4.78, 5) is 25.0. The van der Waals surface area contributed by atoms with Crippen molar-refractivity contribution in [2.75, 3.05) is 33.4 Å². The monoisotopic (exact) mass is 309 g/mol. The van der Waals surface area contributed by atoms with Crippen LogP contribution in [-0.4, -0.2) is 50.2 Å². The third-order valence-corrected chi connectivity index (χ3v) is 3.05. The fourth-order valence-electron chi connectivity index (χ4n) is 1.89. The molecule has 0 saturated heterocycles. The standard InChI is InChI=1S/C16H23NO5/c1-4-17(11-10-16(19)21-5-2)15(18)12-22-14-9-7-6-8-13(14)20-3/h6-9H,4-5,10-12H2,1-3H3. The number of methoxy groups -OCH3 is 1. The number of amides is 1. The van der Waals surface area contributed by atoms with Crippen molar-refractivity contribution < 1.29 is 23.8 Å². The van der Waals surface area contributed by atoms with Crippen LogP contribution in [0.2, 0.25) is 0 Å². The quantitative estimate of drug-likeness (QED) is 0.652. The van der Waals surface area contributed by atoms with Gasteiger partial charge >= 0.3 is 5.97 Å². The Kier molecular flexibility index (Phi) is 7.81. The highest BCUT2D eigenvalue weighted by Crippen LogP contribution is 2.25. The van der Waals surface area contributed by atoms with Crippen LogP contribution >= 0.6 is 0 Å². The highest BCUT2D eigenvalue weighted by molar-refractivity contribution is 5.78. The van der Waals surface area contributed by atoms with E-state index in [9.17, 15) is 9.59 Å². The molecule has 0 bridgehead atoms. The van der Waals surface area contributed by atoms with Crippen molar-refractivity contribution >= 4 is 11.9 Å². The Balaban J connectivity index is 2.49. The van der Waals surface area contributed by atoms with E-state index in [-0.39, 0.29) is 24.9 Å². The largest absolute Gasteiger partial charge is 0.493 e. The van der Waals surface area contributed by atoms with Crippen molar-refractivity contribution in [3.8, 4) is 11.5 Å². The molecule has 1 amide bonds. The number of esters is 1. The molecule has 1 aromatic carbocycles. The maximum Gasteiger partial charge on any atom is 0.307 e. The van der Waals surface area contributed by atoms with Gasteiger partial charge in [0.05, 0.1) is 20.1 Å². The lowest BCUT2D eigenvalue weighted by molar-refractivity contribution is -0.144. The predicted molar refractivity (Wildman–Crippen MR) is 82.0 cm³/mol. The zero-order chi connectivity index (χ0) is 16.4. The normalized spacial score (nSPS) is 9.95. The minimum absolute atomic E-state index is 0.100. The molecule has 122 valence electrons. The predicted octanol–water partition coefficient (Wildman–Crippen LogP) is 1.88. The van der Waals surface area contributed by atoms with Crippen LogP contribution < -0.4 is 9.47 Å². The van der Waals surface area contributed by atoms with Crippen LogP contribution in [0.15, 0.2) is 24.3 Å². The van der Waals surface area contributed by atoms with Crippen molar-refractivity contribution in [2.24, 2.45) is 0 Å². The highest BCUT2D eigenvalue weighted by atomic mass is 16.5. The van der Waals surface area contributed by atoms with Gasteiger partial charge in [0.2, 0.25) is 0 Å². The van der Waals surface area contributed by atoms with Crippen LogP contribution in [0.25, 0.3) is 0 Å². The number of hydrogen-bond donors (Lipinski definition) is 0. The number of rotatable bonds is 9. The van der Waals surface area contributed by atoms with E-state index < -0.39 is 0 Å². The molecule has 0 spiro atoms. The van der Waals surface area contributed by atoms with E-state index in [1.807, 2.05) is 13.0 Å². The van der Waals surface area contributed by atoms with E-state index in [1.165, 1.54) is 0 Å². The van der Waals surface area contributed by atoms with Gasteiger partial charge in [-0.05, 0) is 26.0 Å². The number of benzene rings is 1. The van der Waals surface area contributed by atoms with E-state index in [0.29, 0.717) is 31.2 Å². The molecule has 0 aromatic heterocycles. The molecule has 0 atom stereocenters. The Morgan fingerprint density at radius 3 is 2.41 bits per heavy atom. The molecule has 22 heavy (non-hydrogen) atoms. The summed E-state index contributed by atoms with van der Waals surface area (Å²) < 4.78 is 15.5.